The summed E-state index contributed by atoms with van der Waals surface area (Å²) in [6, 6.07) is 8.30. The maximum Gasteiger partial charge on any atom is 0.125 e. The highest BCUT2D eigenvalue weighted by molar-refractivity contribution is 7.83. The summed E-state index contributed by atoms with van der Waals surface area (Å²) in [6.07, 6.45) is 2.33. The SMILES string of the molecule is Cc1ccc([S@@](=O)NC2CC2)cc1. The van der Waals surface area contributed by atoms with E-state index in [1.165, 1.54) is 5.56 Å². The van der Waals surface area contributed by atoms with Crippen LogP contribution in [0.5, 0.6) is 0 Å². The molecule has 1 aliphatic carbocycles. The zero-order chi connectivity index (χ0) is 9.26. The number of rotatable bonds is 3. The second-order valence-electron chi connectivity index (χ2n) is 3.47. The van der Waals surface area contributed by atoms with Gasteiger partial charge in [-0.05, 0) is 31.9 Å². The predicted octanol–water partition coefficient (Wildman–Crippen LogP) is 1.77. The molecule has 0 amide bonds. The lowest BCUT2D eigenvalue weighted by Gasteiger charge is -2.02. The van der Waals surface area contributed by atoms with E-state index in [1.54, 1.807) is 0 Å². The van der Waals surface area contributed by atoms with Crippen LogP contribution in [0.15, 0.2) is 29.2 Å². The van der Waals surface area contributed by atoms with Gasteiger partial charge in [-0.2, -0.15) is 0 Å². The topological polar surface area (TPSA) is 29.1 Å². The molecule has 0 radical (unpaired) electrons. The van der Waals surface area contributed by atoms with Gasteiger partial charge in [0.15, 0.2) is 0 Å². The molecule has 3 heteroatoms. The van der Waals surface area contributed by atoms with E-state index in [-0.39, 0.29) is 0 Å². The van der Waals surface area contributed by atoms with Gasteiger partial charge in [0.25, 0.3) is 0 Å². The normalized spacial score (nSPS) is 18.5. The lowest BCUT2D eigenvalue weighted by Crippen LogP contribution is -2.19. The van der Waals surface area contributed by atoms with Gasteiger partial charge < -0.3 is 0 Å². The fourth-order valence-corrected chi connectivity index (χ4v) is 2.14. The van der Waals surface area contributed by atoms with Gasteiger partial charge in [-0.25, -0.2) is 8.93 Å². The largest absolute Gasteiger partial charge is 0.237 e. The molecule has 1 saturated carbocycles. The predicted molar refractivity (Wildman–Crippen MR) is 53.7 cm³/mol. The standard InChI is InChI=1S/C10H13NOS/c1-8-2-6-10(7-3-8)13(12)11-9-4-5-9/h2-3,6-7,9,11H,4-5H2,1H3/t13-/m1/s1. The first-order valence-electron chi connectivity index (χ1n) is 4.50. The molecule has 2 nitrogen and oxygen atoms in total. The van der Waals surface area contributed by atoms with Gasteiger partial charge in [0.1, 0.15) is 11.0 Å². The molecule has 0 saturated heterocycles. The highest BCUT2D eigenvalue weighted by Gasteiger charge is 2.23. The van der Waals surface area contributed by atoms with Crippen LogP contribution >= 0.6 is 0 Å². The number of hydrogen-bond donors (Lipinski definition) is 1. The number of aryl methyl sites for hydroxylation is 1. The van der Waals surface area contributed by atoms with Crippen LogP contribution < -0.4 is 4.72 Å². The van der Waals surface area contributed by atoms with E-state index >= 15 is 0 Å². The third-order valence-electron chi connectivity index (χ3n) is 2.09. The molecule has 0 heterocycles. The second kappa shape index (κ2) is 3.60. The molecule has 1 aromatic carbocycles. The summed E-state index contributed by atoms with van der Waals surface area (Å²) in [5, 5.41) is 0. The molecule has 2 rings (SSSR count). The quantitative estimate of drug-likeness (QED) is 0.782. The van der Waals surface area contributed by atoms with Gasteiger partial charge in [-0.3, -0.25) is 0 Å². The van der Waals surface area contributed by atoms with E-state index in [0.717, 1.165) is 17.7 Å². The Morgan fingerprint density at radius 1 is 1.31 bits per heavy atom. The van der Waals surface area contributed by atoms with Crippen molar-refractivity contribution in [3.05, 3.63) is 29.8 Å². The Hall–Kier alpha value is -0.670. The molecule has 0 unspecified atom stereocenters. The molecule has 0 aromatic heterocycles. The minimum absolute atomic E-state index is 0.488. The third kappa shape index (κ3) is 2.39. The number of benzene rings is 1. The van der Waals surface area contributed by atoms with Gasteiger partial charge in [0.05, 0.1) is 4.90 Å². The van der Waals surface area contributed by atoms with E-state index in [0.29, 0.717) is 6.04 Å². The van der Waals surface area contributed by atoms with Crippen LogP contribution in [0.4, 0.5) is 0 Å². The van der Waals surface area contributed by atoms with Crippen molar-refractivity contribution in [2.45, 2.75) is 30.7 Å². The lowest BCUT2D eigenvalue weighted by molar-refractivity contribution is 0.671. The van der Waals surface area contributed by atoms with Crippen LogP contribution in [-0.4, -0.2) is 10.3 Å². The number of hydrogen-bond acceptors (Lipinski definition) is 1. The van der Waals surface area contributed by atoms with Crippen LogP contribution in [0.2, 0.25) is 0 Å². The summed E-state index contributed by atoms with van der Waals surface area (Å²) in [7, 11) is -1.01. The summed E-state index contributed by atoms with van der Waals surface area (Å²) in [5.41, 5.74) is 1.20. The summed E-state index contributed by atoms with van der Waals surface area (Å²) in [6.45, 7) is 2.03. The van der Waals surface area contributed by atoms with Gasteiger partial charge in [-0.1, -0.05) is 17.7 Å². The minimum atomic E-state index is -1.01. The Morgan fingerprint density at radius 3 is 2.46 bits per heavy atom. The molecule has 0 bridgehead atoms. The number of nitrogens with one attached hydrogen (secondary N) is 1. The van der Waals surface area contributed by atoms with Gasteiger partial charge in [0.2, 0.25) is 0 Å². The fourth-order valence-electron chi connectivity index (χ4n) is 1.08. The molecule has 70 valence electrons. The molecular formula is C10H13NOS. The Balaban J connectivity index is 2.05. The van der Waals surface area contributed by atoms with Gasteiger partial charge >= 0.3 is 0 Å². The minimum Gasteiger partial charge on any atom is -0.237 e. The summed E-state index contributed by atoms with van der Waals surface area (Å²) >= 11 is 0. The monoisotopic (exact) mass is 195 g/mol. The van der Waals surface area contributed by atoms with Crippen molar-refractivity contribution in [3.63, 3.8) is 0 Å². The first-order chi connectivity index (χ1) is 6.25. The molecule has 1 aliphatic rings. The maximum absolute atomic E-state index is 11.6. The Bertz CT molecular complexity index is 316. The zero-order valence-electron chi connectivity index (χ0n) is 7.62. The first-order valence-corrected chi connectivity index (χ1v) is 5.65. The molecule has 0 aliphatic heterocycles. The van der Waals surface area contributed by atoms with Crippen molar-refractivity contribution >= 4 is 11.0 Å². The maximum atomic E-state index is 11.6. The van der Waals surface area contributed by atoms with Crippen molar-refractivity contribution in [2.24, 2.45) is 0 Å². The summed E-state index contributed by atoms with van der Waals surface area (Å²) < 4.78 is 14.7. The molecule has 1 fully saturated rings. The highest BCUT2D eigenvalue weighted by atomic mass is 32.2. The molecule has 1 N–H and O–H groups in total. The van der Waals surface area contributed by atoms with Gasteiger partial charge in [0, 0.05) is 6.04 Å². The highest BCUT2D eigenvalue weighted by Crippen LogP contribution is 2.20. The zero-order valence-corrected chi connectivity index (χ0v) is 8.43. The van der Waals surface area contributed by atoms with Crippen molar-refractivity contribution in [1.82, 2.24) is 4.72 Å². The molecule has 13 heavy (non-hydrogen) atoms. The molecule has 0 spiro atoms. The van der Waals surface area contributed by atoms with Crippen molar-refractivity contribution in [3.8, 4) is 0 Å². The van der Waals surface area contributed by atoms with Crippen LogP contribution in [0.1, 0.15) is 18.4 Å². The van der Waals surface area contributed by atoms with E-state index in [4.69, 9.17) is 0 Å². The van der Waals surface area contributed by atoms with Crippen LogP contribution in [-0.2, 0) is 11.0 Å². The van der Waals surface area contributed by atoms with E-state index < -0.39 is 11.0 Å². The van der Waals surface area contributed by atoms with Crippen LogP contribution in [0.25, 0.3) is 0 Å². The van der Waals surface area contributed by atoms with E-state index in [9.17, 15) is 4.21 Å². The Morgan fingerprint density at radius 2 is 1.92 bits per heavy atom. The fraction of sp³-hybridized carbons (Fsp3) is 0.400. The van der Waals surface area contributed by atoms with Crippen LogP contribution in [0.3, 0.4) is 0 Å². The molecule has 1 aromatic rings. The third-order valence-corrected chi connectivity index (χ3v) is 3.33. The second-order valence-corrected chi connectivity index (χ2v) is 4.72. The van der Waals surface area contributed by atoms with Crippen molar-refractivity contribution < 1.29 is 4.21 Å². The van der Waals surface area contributed by atoms with Crippen LogP contribution in [0, 0.1) is 6.92 Å². The van der Waals surface area contributed by atoms with Crippen molar-refractivity contribution in [1.29, 1.82) is 0 Å². The Kier molecular flexibility index (Phi) is 2.47. The van der Waals surface area contributed by atoms with E-state index in [1.807, 2.05) is 31.2 Å². The Labute approximate surface area is 80.9 Å². The van der Waals surface area contributed by atoms with Gasteiger partial charge in [-0.15, -0.1) is 0 Å². The molecule has 1 atom stereocenters. The average molecular weight is 195 g/mol. The van der Waals surface area contributed by atoms with E-state index in [2.05, 4.69) is 4.72 Å². The lowest BCUT2D eigenvalue weighted by atomic mass is 10.2. The smallest absolute Gasteiger partial charge is 0.125 e. The van der Waals surface area contributed by atoms with Crippen molar-refractivity contribution in [2.75, 3.05) is 0 Å². The summed E-state index contributed by atoms with van der Waals surface area (Å²) in [4.78, 5) is 0.873. The molecular weight excluding hydrogens is 182 g/mol. The summed E-state index contributed by atoms with van der Waals surface area (Å²) in [5.74, 6) is 0. The average Bonchev–Trinajstić information content (AvgIpc) is 2.89. The first kappa shape index (κ1) is 8.91.